The Morgan fingerprint density at radius 1 is 1.00 bits per heavy atom. The molecule has 0 saturated heterocycles. The van der Waals surface area contributed by atoms with E-state index in [-0.39, 0.29) is 11.4 Å². The van der Waals surface area contributed by atoms with E-state index < -0.39 is 0 Å². The molecule has 0 atom stereocenters. The van der Waals surface area contributed by atoms with Gasteiger partial charge < -0.3 is 9.15 Å². The zero-order valence-electron chi connectivity index (χ0n) is 20.4. The van der Waals surface area contributed by atoms with Gasteiger partial charge in [0.2, 0.25) is 5.82 Å². The molecule has 0 bridgehead atoms. The summed E-state index contributed by atoms with van der Waals surface area (Å²) in [7, 11) is 0. The quantitative estimate of drug-likeness (QED) is 0.125. The Morgan fingerprint density at radius 2 is 1.75 bits per heavy atom. The monoisotopic (exact) mass is 819 g/mol. The van der Waals surface area contributed by atoms with Gasteiger partial charge in [0.25, 0.3) is 5.56 Å². The van der Waals surface area contributed by atoms with Crippen molar-refractivity contribution in [1.29, 1.82) is 0 Å². The fourth-order valence-electron chi connectivity index (χ4n) is 4.17. The minimum Gasteiger partial charge on any atom is -0.487 e. The lowest BCUT2D eigenvalue weighted by Crippen LogP contribution is -2.20. The third-order valence-electron chi connectivity index (χ3n) is 6.09. The summed E-state index contributed by atoms with van der Waals surface area (Å²) in [6.07, 6.45) is 1.62. The van der Waals surface area contributed by atoms with Crippen molar-refractivity contribution in [2.24, 2.45) is 5.10 Å². The maximum Gasteiger partial charge on any atom is 0.282 e. The minimum atomic E-state index is -0.304. The van der Waals surface area contributed by atoms with Crippen LogP contribution in [0.4, 0.5) is 4.39 Å². The second kappa shape index (κ2) is 11.4. The van der Waals surface area contributed by atoms with Gasteiger partial charge in [0.15, 0.2) is 5.76 Å². The molecule has 4 aromatic carbocycles. The number of nitrogens with zero attached hydrogens (tertiary/aromatic N) is 3. The maximum absolute atomic E-state index is 13.6. The lowest BCUT2D eigenvalue weighted by atomic mass is 10.2. The number of hydrogen-bond donors (Lipinski definition) is 0. The van der Waals surface area contributed by atoms with Gasteiger partial charge in [0, 0.05) is 9.86 Å². The molecule has 2 aromatic heterocycles. The Kier molecular flexibility index (Phi) is 7.73. The standard InChI is InChI=1S/C30H17BrFI2N3O3/c31-20-7-10-26-19(13-20)14-27(40-26)29-36-25-4-2-1-3-22(25)30(38)37(29)35-15-18-11-23(33)28(24(34)12-18)39-16-17-5-8-21(32)9-6-17/h1-15H,16H2. The van der Waals surface area contributed by atoms with Crippen molar-refractivity contribution >= 4 is 89.2 Å². The second-order valence-corrected chi connectivity index (χ2v) is 12.1. The number of halogens is 4. The number of fused-ring (bicyclic) bond motifs is 2. The highest BCUT2D eigenvalue weighted by Crippen LogP contribution is 2.31. The average molecular weight is 820 g/mol. The van der Waals surface area contributed by atoms with Crippen LogP contribution in [0.15, 0.2) is 104 Å². The smallest absolute Gasteiger partial charge is 0.282 e. The van der Waals surface area contributed by atoms with Gasteiger partial charge in [0.05, 0.1) is 24.3 Å². The summed E-state index contributed by atoms with van der Waals surface area (Å²) in [4.78, 5) is 18.3. The molecule has 0 amide bonds. The molecule has 0 radical (unpaired) electrons. The summed E-state index contributed by atoms with van der Waals surface area (Å²) < 4.78 is 29.3. The second-order valence-electron chi connectivity index (χ2n) is 8.84. The number of ether oxygens (including phenoxy) is 1. The van der Waals surface area contributed by atoms with Crippen molar-refractivity contribution in [1.82, 2.24) is 9.66 Å². The fraction of sp³-hybridized carbons (Fsp3) is 0.0333. The van der Waals surface area contributed by atoms with E-state index in [0.29, 0.717) is 34.7 Å². The number of para-hydroxylation sites is 1. The van der Waals surface area contributed by atoms with Crippen molar-refractivity contribution in [3.63, 3.8) is 0 Å². The zero-order valence-corrected chi connectivity index (χ0v) is 26.3. The van der Waals surface area contributed by atoms with Gasteiger partial charge >= 0.3 is 0 Å². The first-order valence-corrected chi connectivity index (χ1v) is 14.9. The molecule has 198 valence electrons. The predicted octanol–water partition coefficient (Wildman–Crippen LogP) is 8.38. The molecular weight excluding hydrogens is 803 g/mol. The Bertz CT molecular complexity index is 1960. The Balaban J connectivity index is 1.37. The molecule has 6 aromatic rings. The Morgan fingerprint density at radius 3 is 2.52 bits per heavy atom. The lowest BCUT2D eigenvalue weighted by Gasteiger charge is -2.12. The van der Waals surface area contributed by atoms with E-state index in [2.05, 4.69) is 66.2 Å². The molecule has 0 spiro atoms. The highest BCUT2D eigenvalue weighted by Gasteiger charge is 2.17. The third-order valence-corrected chi connectivity index (χ3v) is 8.19. The van der Waals surface area contributed by atoms with Crippen molar-refractivity contribution < 1.29 is 13.5 Å². The van der Waals surface area contributed by atoms with Crippen molar-refractivity contribution in [3.05, 3.63) is 124 Å². The highest BCUT2D eigenvalue weighted by molar-refractivity contribution is 14.1. The van der Waals surface area contributed by atoms with Crippen LogP contribution in [0.25, 0.3) is 33.5 Å². The van der Waals surface area contributed by atoms with Crippen LogP contribution in [0.5, 0.6) is 5.75 Å². The predicted molar refractivity (Wildman–Crippen MR) is 175 cm³/mol. The molecule has 0 saturated carbocycles. The van der Waals surface area contributed by atoms with E-state index in [4.69, 9.17) is 14.1 Å². The van der Waals surface area contributed by atoms with Crippen molar-refractivity contribution in [2.75, 3.05) is 0 Å². The summed E-state index contributed by atoms with van der Waals surface area (Å²) in [5, 5.41) is 5.90. The lowest BCUT2D eigenvalue weighted by molar-refractivity contribution is 0.301. The van der Waals surface area contributed by atoms with Crippen LogP contribution in [-0.4, -0.2) is 15.9 Å². The number of rotatable bonds is 6. The van der Waals surface area contributed by atoms with Gasteiger partial charge in [-0.3, -0.25) is 4.79 Å². The van der Waals surface area contributed by atoms with E-state index in [1.54, 1.807) is 36.5 Å². The van der Waals surface area contributed by atoms with Crippen LogP contribution in [0.1, 0.15) is 11.1 Å². The first kappa shape index (κ1) is 27.1. The molecule has 0 fully saturated rings. The highest BCUT2D eigenvalue weighted by atomic mass is 127. The molecule has 0 aliphatic carbocycles. The van der Waals surface area contributed by atoms with Crippen LogP contribution in [0, 0.1) is 13.0 Å². The topological polar surface area (TPSA) is 69.6 Å². The molecule has 0 aliphatic rings. The molecule has 0 aliphatic heterocycles. The Hall–Kier alpha value is -3.10. The Labute approximate surface area is 263 Å². The van der Waals surface area contributed by atoms with Gasteiger partial charge in [-0.1, -0.05) is 40.2 Å². The molecule has 2 heterocycles. The van der Waals surface area contributed by atoms with Gasteiger partial charge in [-0.2, -0.15) is 9.78 Å². The molecular formula is C30H17BrFI2N3O3. The summed E-state index contributed by atoms with van der Waals surface area (Å²) in [5.41, 5.74) is 2.58. The van der Waals surface area contributed by atoms with E-state index in [1.807, 2.05) is 42.5 Å². The zero-order chi connectivity index (χ0) is 27.8. The molecule has 10 heteroatoms. The largest absolute Gasteiger partial charge is 0.487 e. The van der Waals surface area contributed by atoms with Crippen LogP contribution in [0.3, 0.4) is 0 Å². The van der Waals surface area contributed by atoms with Gasteiger partial charge in [-0.15, -0.1) is 0 Å². The normalized spacial score (nSPS) is 11.6. The van der Waals surface area contributed by atoms with E-state index >= 15 is 0 Å². The van der Waals surface area contributed by atoms with Gasteiger partial charge in [0.1, 0.15) is 23.8 Å². The summed E-state index contributed by atoms with van der Waals surface area (Å²) in [5.74, 6) is 1.17. The molecule has 6 nitrogen and oxygen atoms in total. The maximum atomic E-state index is 13.6. The average Bonchev–Trinajstić information content (AvgIpc) is 3.36. The molecule has 6 rings (SSSR count). The van der Waals surface area contributed by atoms with Crippen molar-refractivity contribution in [3.8, 4) is 17.3 Å². The van der Waals surface area contributed by atoms with Crippen LogP contribution in [0.2, 0.25) is 0 Å². The van der Waals surface area contributed by atoms with E-state index in [0.717, 1.165) is 33.9 Å². The molecule has 0 unspecified atom stereocenters. The number of hydrogen-bond acceptors (Lipinski definition) is 5. The van der Waals surface area contributed by atoms with Gasteiger partial charge in [-0.05, 0) is 117 Å². The first-order chi connectivity index (χ1) is 19.4. The number of aromatic nitrogens is 2. The van der Waals surface area contributed by atoms with Crippen LogP contribution >= 0.6 is 61.1 Å². The van der Waals surface area contributed by atoms with E-state index in [9.17, 15) is 9.18 Å². The van der Waals surface area contributed by atoms with Gasteiger partial charge in [-0.25, -0.2) is 9.37 Å². The minimum absolute atomic E-state index is 0.283. The third kappa shape index (κ3) is 5.56. The number of benzene rings is 4. The number of furan rings is 1. The summed E-state index contributed by atoms with van der Waals surface area (Å²) >= 11 is 7.90. The first-order valence-electron chi connectivity index (χ1n) is 12.0. The fourth-order valence-corrected chi connectivity index (χ4v) is 6.67. The SMILES string of the molecule is O=c1c2ccccc2nc(-c2cc3cc(Br)ccc3o2)n1N=Cc1cc(I)c(OCc2ccc(F)cc2)c(I)c1. The molecule has 0 N–H and O–H groups in total. The van der Waals surface area contributed by atoms with Crippen molar-refractivity contribution in [2.45, 2.75) is 6.61 Å². The molecule has 40 heavy (non-hydrogen) atoms. The van der Waals surface area contributed by atoms with Crippen LogP contribution in [-0.2, 0) is 6.61 Å². The van der Waals surface area contributed by atoms with E-state index in [1.165, 1.54) is 16.8 Å². The van der Waals surface area contributed by atoms with Crippen LogP contribution < -0.4 is 10.3 Å². The summed E-state index contributed by atoms with van der Waals surface area (Å²) in [6, 6.07) is 24.8. The summed E-state index contributed by atoms with van der Waals surface area (Å²) in [6.45, 7) is 0.315.